The van der Waals surface area contributed by atoms with Gasteiger partial charge in [0.05, 0.1) is 0 Å². The molecule has 2 unspecified atom stereocenters. The van der Waals surface area contributed by atoms with Gasteiger partial charge in [-0.15, -0.1) is 6.58 Å². The van der Waals surface area contributed by atoms with Crippen molar-refractivity contribution in [2.24, 2.45) is 17.8 Å². The Kier molecular flexibility index (Phi) is 8.28. The van der Waals surface area contributed by atoms with Gasteiger partial charge >= 0.3 is 0 Å². The second-order valence-corrected chi connectivity index (χ2v) is 10.7. The molecule has 0 nitrogen and oxygen atoms in total. The minimum Gasteiger partial charge on any atom is -0.103 e. The van der Waals surface area contributed by atoms with Gasteiger partial charge in [-0.3, -0.25) is 0 Å². The molecule has 0 heterocycles. The molecule has 0 radical (unpaired) electrons. The van der Waals surface area contributed by atoms with Crippen molar-refractivity contribution in [2.75, 3.05) is 0 Å². The van der Waals surface area contributed by atoms with E-state index in [1.54, 1.807) is 5.56 Å². The Labute approximate surface area is 191 Å². The highest BCUT2D eigenvalue weighted by atomic mass is 14.4. The summed E-state index contributed by atoms with van der Waals surface area (Å²) in [4.78, 5) is 0. The molecule has 2 aliphatic carbocycles. The molecular weight excluding hydrogens is 372 g/mol. The lowest BCUT2D eigenvalue weighted by Crippen LogP contribution is -2.30. The molecule has 0 bridgehead atoms. The van der Waals surface area contributed by atoms with Crippen LogP contribution in [-0.2, 0) is 6.42 Å². The number of allylic oxidation sites excluding steroid dienone is 1. The SMILES string of the molecule is C=CCCc1ccc2cc([C@@H]3CC[C@@H]4CC(CCCCCCC)CCC4C3)ccc2c1. The van der Waals surface area contributed by atoms with E-state index in [0.717, 1.165) is 36.5 Å². The topological polar surface area (TPSA) is 0 Å². The Hall–Kier alpha value is -1.56. The molecule has 2 aromatic carbocycles. The van der Waals surface area contributed by atoms with Gasteiger partial charge in [0.2, 0.25) is 0 Å². The molecule has 0 aliphatic heterocycles. The van der Waals surface area contributed by atoms with E-state index in [4.69, 9.17) is 0 Å². The van der Waals surface area contributed by atoms with Crippen molar-refractivity contribution in [3.05, 3.63) is 60.2 Å². The molecule has 0 saturated heterocycles. The number of hydrogen-bond donors (Lipinski definition) is 0. The van der Waals surface area contributed by atoms with Crippen LogP contribution in [0.5, 0.6) is 0 Å². The normalized spacial score (nSPS) is 26.0. The van der Waals surface area contributed by atoms with E-state index < -0.39 is 0 Å². The lowest BCUT2D eigenvalue weighted by atomic mass is 9.63. The Morgan fingerprint density at radius 1 is 0.839 bits per heavy atom. The van der Waals surface area contributed by atoms with Gasteiger partial charge in [0.1, 0.15) is 0 Å². The average molecular weight is 417 g/mol. The van der Waals surface area contributed by atoms with Crippen molar-refractivity contribution in [3.8, 4) is 0 Å². The van der Waals surface area contributed by atoms with Gasteiger partial charge in [-0.05, 0) is 90.5 Å². The molecule has 4 atom stereocenters. The molecule has 2 saturated carbocycles. The van der Waals surface area contributed by atoms with Crippen LogP contribution in [0, 0.1) is 17.8 Å². The quantitative estimate of drug-likeness (QED) is 0.267. The highest BCUT2D eigenvalue weighted by Gasteiger charge is 2.35. The molecular formula is C31H44. The maximum atomic E-state index is 3.86. The second-order valence-electron chi connectivity index (χ2n) is 10.7. The third-order valence-electron chi connectivity index (χ3n) is 8.47. The van der Waals surface area contributed by atoms with Crippen LogP contribution in [0.4, 0.5) is 0 Å². The molecule has 2 aromatic rings. The van der Waals surface area contributed by atoms with E-state index in [9.17, 15) is 0 Å². The zero-order valence-electron chi connectivity index (χ0n) is 20.0. The minimum atomic E-state index is 0.789. The summed E-state index contributed by atoms with van der Waals surface area (Å²) in [5.74, 6) is 3.85. The summed E-state index contributed by atoms with van der Waals surface area (Å²) < 4.78 is 0. The predicted octanol–water partition coefficient (Wildman–Crippen LogP) is 9.62. The van der Waals surface area contributed by atoms with Crippen molar-refractivity contribution >= 4 is 10.8 Å². The first-order chi connectivity index (χ1) is 15.3. The molecule has 4 rings (SSSR count). The molecule has 0 spiro atoms. The zero-order valence-corrected chi connectivity index (χ0v) is 20.0. The van der Waals surface area contributed by atoms with Gasteiger partial charge in [0.15, 0.2) is 0 Å². The molecule has 2 fully saturated rings. The Bertz CT molecular complexity index is 831. The predicted molar refractivity (Wildman–Crippen MR) is 137 cm³/mol. The summed E-state index contributed by atoms with van der Waals surface area (Å²) in [6.45, 7) is 6.17. The Morgan fingerprint density at radius 2 is 1.61 bits per heavy atom. The average Bonchev–Trinajstić information content (AvgIpc) is 2.81. The van der Waals surface area contributed by atoms with Crippen molar-refractivity contribution < 1.29 is 0 Å². The third-order valence-corrected chi connectivity index (χ3v) is 8.47. The van der Waals surface area contributed by atoms with Gasteiger partial charge in [0.25, 0.3) is 0 Å². The van der Waals surface area contributed by atoms with Gasteiger partial charge in [-0.25, -0.2) is 0 Å². The fourth-order valence-corrected chi connectivity index (χ4v) is 6.58. The van der Waals surface area contributed by atoms with E-state index in [2.05, 4.69) is 49.9 Å². The first-order valence-corrected chi connectivity index (χ1v) is 13.4. The van der Waals surface area contributed by atoms with Crippen molar-refractivity contribution in [1.29, 1.82) is 0 Å². The van der Waals surface area contributed by atoms with Gasteiger partial charge in [0, 0.05) is 0 Å². The second kappa shape index (κ2) is 11.3. The van der Waals surface area contributed by atoms with Crippen LogP contribution < -0.4 is 0 Å². The van der Waals surface area contributed by atoms with Crippen LogP contribution in [0.25, 0.3) is 10.8 Å². The fraction of sp³-hybridized carbons (Fsp3) is 0.613. The Morgan fingerprint density at radius 3 is 2.48 bits per heavy atom. The summed E-state index contributed by atoms with van der Waals surface area (Å²) >= 11 is 0. The van der Waals surface area contributed by atoms with Crippen LogP contribution in [-0.4, -0.2) is 0 Å². The van der Waals surface area contributed by atoms with Crippen LogP contribution in [0.2, 0.25) is 0 Å². The molecule has 0 aromatic heterocycles. The van der Waals surface area contributed by atoms with E-state index in [0.29, 0.717) is 0 Å². The van der Waals surface area contributed by atoms with E-state index in [1.165, 1.54) is 93.4 Å². The number of fused-ring (bicyclic) bond motifs is 2. The first kappa shape index (κ1) is 22.6. The summed E-state index contributed by atoms with van der Waals surface area (Å²) in [6.07, 6.45) is 21.8. The summed E-state index contributed by atoms with van der Waals surface area (Å²) in [5, 5.41) is 2.83. The molecule has 2 aliphatic rings. The lowest BCUT2D eigenvalue weighted by Gasteiger charge is -2.42. The standard InChI is InChI=1S/C31H44/c1-3-5-7-8-9-11-25-13-15-29-23-31(19-17-27(29)21-25)30-18-16-26-20-24(10-6-4-2)12-14-28(26)22-30/h4,12,14,16,18,20,22,25,27,29,31H,2-3,5-11,13,15,17,19,21,23H2,1H3/t25?,27-,29?,31-/m1/s1. The monoisotopic (exact) mass is 416 g/mol. The summed E-state index contributed by atoms with van der Waals surface area (Å²) in [6, 6.07) is 14.4. The lowest BCUT2D eigenvalue weighted by molar-refractivity contribution is 0.113. The van der Waals surface area contributed by atoms with Crippen LogP contribution >= 0.6 is 0 Å². The van der Waals surface area contributed by atoms with Crippen molar-refractivity contribution in [2.45, 2.75) is 103 Å². The molecule has 0 heteroatoms. The number of unbranched alkanes of at least 4 members (excludes halogenated alkanes) is 4. The summed E-state index contributed by atoms with van der Waals surface area (Å²) in [5.41, 5.74) is 3.03. The van der Waals surface area contributed by atoms with Gasteiger partial charge in [-0.1, -0.05) is 94.3 Å². The molecule has 0 N–H and O–H groups in total. The van der Waals surface area contributed by atoms with Crippen LogP contribution in [0.1, 0.15) is 107 Å². The highest BCUT2D eigenvalue weighted by molar-refractivity contribution is 5.84. The largest absolute Gasteiger partial charge is 0.103 e. The highest BCUT2D eigenvalue weighted by Crippen LogP contribution is 2.48. The van der Waals surface area contributed by atoms with Gasteiger partial charge in [-0.2, -0.15) is 0 Å². The van der Waals surface area contributed by atoms with Gasteiger partial charge < -0.3 is 0 Å². The number of hydrogen-bond acceptors (Lipinski definition) is 0. The zero-order chi connectivity index (χ0) is 21.5. The molecule has 31 heavy (non-hydrogen) atoms. The smallest absolute Gasteiger partial charge is 0.0159 e. The fourth-order valence-electron chi connectivity index (χ4n) is 6.58. The maximum absolute atomic E-state index is 3.86. The number of aryl methyl sites for hydroxylation is 1. The first-order valence-electron chi connectivity index (χ1n) is 13.4. The Balaban J connectivity index is 1.31. The summed E-state index contributed by atoms with van der Waals surface area (Å²) in [7, 11) is 0. The van der Waals surface area contributed by atoms with E-state index in [1.807, 2.05) is 6.08 Å². The minimum absolute atomic E-state index is 0.789. The number of rotatable bonds is 10. The van der Waals surface area contributed by atoms with E-state index in [-0.39, 0.29) is 0 Å². The maximum Gasteiger partial charge on any atom is -0.0159 e. The van der Waals surface area contributed by atoms with Crippen LogP contribution in [0.15, 0.2) is 49.1 Å². The molecule has 0 amide bonds. The van der Waals surface area contributed by atoms with E-state index >= 15 is 0 Å². The third kappa shape index (κ3) is 6.03. The molecule has 168 valence electrons. The van der Waals surface area contributed by atoms with Crippen molar-refractivity contribution in [1.82, 2.24) is 0 Å². The van der Waals surface area contributed by atoms with Crippen molar-refractivity contribution in [3.63, 3.8) is 0 Å². The van der Waals surface area contributed by atoms with Crippen LogP contribution in [0.3, 0.4) is 0 Å². The number of benzene rings is 2.